The topological polar surface area (TPSA) is 51.5 Å². The highest BCUT2D eigenvalue weighted by Crippen LogP contribution is 2.26. The van der Waals surface area contributed by atoms with Crippen molar-refractivity contribution in [3.8, 4) is 0 Å². The molecule has 0 saturated heterocycles. The van der Waals surface area contributed by atoms with Gasteiger partial charge in [-0.25, -0.2) is 0 Å². The molecule has 1 N–H and O–H groups in total. The van der Waals surface area contributed by atoms with Crippen LogP contribution in [-0.2, 0) is 9.53 Å². The quantitative estimate of drug-likeness (QED) is 0.610. The molecule has 18 heavy (non-hydrogen) atoms. The van der Waals surface area contributed by atoms with Gasteiger partial charge in [0, 0.05) is 10.6 Å². The molecule has 0 aliphatic carbocycles. The zero-order chi connectivity index (χ0) is 13.6. The molecule has 0 saturated carbocycles. The number of nitrogens with one attached hydrogen (secondary N) is 1. The van der Waals surface area contributed by atoms with Gasteiger partial charge in [-0.15, -0.1) is 11.8 Å². The minimum atomic E-state index is -0.617. The van der Waals surface area contributed by atoms with Gasteiger partial charge >= 0.3 is 5.97 Å². The molecule has 0 amide bonds. The molecule has 1 heterocycles. The van der Waals surface area contributed by atoms with Crippen LogP contribution >= 0.6 is 11.8 Å². The van der Waals surface area contributed by atoms with Gasteiger partial charge < -0.3 is 14.5 Å². The van der Waals surface area contributed by atoms with Crippen molar-refractivity contribution < 1.29 is 13.9 Å². The number of ether oxygens (including phenoxy) is 1. The minimum absolute atomic E-state index is 0.214. The Labute approximate surface area is 112 Å². The van der Waals surface area contributed by atoms with Gasteiger partial charge in [-0.2, -0.15) is 0 Å². The number of esters is 1. The lowest BCUT2D eigenvalue weighted by atomic mass is 9.99. The summed E-state index contributed by atoms with van der Waals surface area (Å²) in [5.41, 5.74) is -0.617. The second kappa shape index (κ2) is 6.85. The first-order chi connectivity index (χ1) is 8.53. The fraction of sp³-hybridized carbons (Fsp3) is 0.615. The number of thioether (sulfide) groups is 1. The van der Waals surface area contributed by atoms with Gasteiger partial charge in [-0.05, 0) is 32.9 Å². The second-order valence-corrected chi connectivity index (χ2v) is 5.43. The summed E-state index contributed by atoms with van der Waals surface area (Å²) >= 11 is 1.69. The fourth-order valence-corrected chi connectivity index (χ4v) is 2.90. The Morgan fingerprint density at radius 1 is 1.61 bits per heavy atom. The van der Waals surface area contributed by atoms with Gasteiger partial charge in [0.1, 0.15) is 11.3 Å². The van der Waals surface area contributed by atoms with Crippen LogP contribution in [0.1, 0.15) is 26.0 Å². The molecule has 1 aromatic rings. The van der Waals surface area contributed by atoms with Gasteiger partial charge in [-0.3, -0.25) is 4.79 Å². The van der Waals surface area contributed by atoms with E-state index in [0.717, 1.165) is 23.0 Å². The molecule has 0 radical (unpaired) electrons. The van der Waals surface area contributed by atoms with E-state index in [1.165, 1.54) is 7.11 Å². The van der Waals surface area contributed by atoms with E-state index in [0.29, 0.717) is 6.42 Å². The largest absolute Gasteiger partial charge is 0.468 e. The van der Waals surface area contributed by atoms with Crippen molar-refractivity contribution in [1.82, 2.24) is 5.32 Å². The van der Waals surface area contributed by atoms with Crippen LogP contribution in [0, 0.1) is 6.92 Å². The summed E-state index contributed by atoms with van der Waals surface area (Å²) in [6, 6.07) is 1.95. The highest BCUT2D eigenvalue weighted by Gasteiger charge is 2.32. The van der Waals surface area contributed by atoms with Crippen LogP contribution in [0.3, 0.4) is 0 Å². The molecule has 0 aromatic carbocycles. The molecule has 1 aromatic heterocycles. The number of carbonyl (C=O) groups excluding carboxylic acids is 1. The van der Waals surface area contributed by atoms with E-state index >= 15 is 0 Å². The summed E-state index contributed by atoms with van der Waals surface area (Å²) in [6.45, 7) is 6.53. The number of hydrogen-bond donors (Lipinski definition) is 1. The Balaban J connectivity index is 2.53. The number of likely N-dealkylation sites (N-methyl/N-ethyl adjacent to an activating group) is 1. The van der Waals surface area contributed by atoms with Crippen LogP contribution in [0.25, 0.3) is 0 Å². The van der Waals surface area contributed by atoms with E-state index in [-0.39, 0.29) is 5.97 Å². The second-order valence-electron chi connectivity index (χ2n) is 4.29. The summed E-state index contributed by atoms with van der Waals surface area (Å²) in [5, 5.41) is 3.19. The number of furan rings is 1. The summed E-state index contributed by atoms with van der Waals surface area (Å²) < 4.78 is 10.1. The zero-order valence-corrected chi connectivity index (χ0v) is 12.2. The smallest absolute Gasteiger partial charge is 0.325 e. The van der Waals surface area contributed by atoms with Crippen molar-refractivity contribution in [2.75, 3.05) is 19.4 Å². The Bertz CT molecular complexity index is 391. The van der Waals surface area contributed by atoms with Gasteiger partial charge in [-0.1, -0.05) is 6.92 Å². The first kappa shape index (κ1) is 15.1. The molecular weight excluding hydrogens is 250 g/mol. The van der Waals surface area contributed by atoms with Crippen LogP contribution in [0.5, 0.6) is 0 Å². The molecule has 1 atom stereocenters. The summed E-state index contributed by atoms with van der Waals surface area (Å²) in [7, 11) is 1.42. The third-order valence-electron chi connectivity index (χ3n) is 2.87. The number of aryl methyl sites for hydroxylation is 1. The normalized spacial score (nSPS) is 14.2. The Morgan fingerprint density at radius 3 is 2.83 bits per heavy atom. The van der Waals surface area contributed by atoms with Crippen LogP contribution in [-0.4, -0.2) is 30.9 Å². The van der Waals surface area contributed by atoms with E-state index in [4.69, 9.17) is 9.15 Å². The molecule has 1 rings (SSSR count). The summed E-state index contributed by atoms with van der Waals surface area (Å²) in [6.07, 6.45) is 2.39. The average molecular weight is 271 g/mol. The van der Waals surface area contributed by atoms with Crippen LogP contribution < -0.4 is 5.32 Å². The third kappa shape index (κ3) is 3.78. The SMILES string of the molecule is CCNC(C)(CCSc1ccoc1C)C(=O)OC. The first-order valence-electron chi connectivity index (χ1n) is 6.04. The molecule has 0 aliphatic heterocycles. The maximum Gasteiger partial charge on any atom is 0.325 e. The molecule has 1 unspecified atom stereocenters. The molecule has 0 spiro atoms. The van der Waals surface area contributed by atoms with Gasteiger partial charge in [0.15, 0.2) is 0 Å². The van der Waals surface area contributed by atoms with E-state index in [1.54, 1.807) is 18.0 Å². The lowest BCUT2D eigenvalue weighted by molar-refractivity contribution is -0.147. The van der Waals surface area contributed by atoms with Crippen molar-refractivity contribution in [2.24, 2.45) is 0 Å². The number of hydrogen-bond acceptors (Lipinski definition) is 5. The lowest BCUT2D eigenvalue weighted by Crippen LogP contribution is -2.50. The number of methoxy groups -OCH3 is 1. The molecule has 102 valence electrons. The lowest BCUT2D eigenvalue weighted by Gasteiger charge is -2.27. The van der Waals surface area contributed by atoms with Crippen molar-refractivity contribution in [1.29, 1.82) is 0 Å². The minimum Gasteiger partial charge on any atom is -0.468 e. The maximum absolute atomic E-state index is 11.8. The molecular formula is C13H21NO3S. The summed E-state index contributed by atoms with van der Waals surface area (Å²) in [4.78, 5) is 12.9. The standard InChI is InChI=1S/C13H21NO3S/c1-5-14-13(3,12(15)16-4)7-9-18-11-6-8-17-10(11)2/h6,8,14H,5,7,9H2,1-4H3. The predicted octanol–water partition coefficient (Wildman–Crippen LogP) is 2.61. The monoisotopic (exact) mass is 271 g/mol. The zero-order valence-electron chi connectivity index (χ0n) is 11.4. The van der Waals surface area contributed by atoms with E-state index < -0.39 is 5.54 Å². The molecule has 4 nitrogen and oxygen atoms in total. The van der Waals surface area contributed by atoms with Gasteiger partial charge in [0.25, 0.3) is 0 Å². The number of carbonyl (C=O) groups is 1. The van der Waals surface area contributed by atoms with E-state index in [1.807, 2.05) is 26.8 Å². The first-order valence-corrected chi connectivity index (χ1v) is 7.02. The Hall–Kier alpha value is -0.940. The van der Waals surface area contributed by atoms with Crippen molar-refractivity contribution in [3.05, 3.63) is 18.1 Å². The molecule has 0 bridgehead atoms. The van der Waals surface area contributed by atoms with Crippen LogP contribution in [0.2, 0.25) is 0 Å². The van der Waals surface area contributed by atoms with Gasteiger partial charge in [0.2, 0.25) is 0 Å². The maximum atomic E-state index is 11.8. The summed E-state index contributed by atoms with van der Waals surface area (Å²) in [5.74, 6) is 1.54. The van der Waals surface area contributed by atoms with Crippen LogP contribution in [0.4, 0.5) is 0 Å². The van der Waals surface area contributed by atoms with E-state index in [9.17, 15) is 4.79 Å². The van der Waals surface area contributed by atoms with Gasteiger partial charge in [0.05, 0.1) is 13.4 Å². The van der Waals surface area contributed by atoms with Crippen molar-refractivity contribution in [3.63, 3.8) is 0 Å². The Morgan fingerprint density at radius 2 is 2.33 bits per heavy atom. The third-order valence-corrected chi connectivity index (χ3v) is 4.02. The van der Waals surface area contributed by atoms with Crippen molar-refractivity contribution in [2.45, 2.75) is 37.6 Å². The van der Waals surface area contributed by atoms with Crippen molar-refractivity contribution >= 4 is 17.7 Å². The van der Waals surface area contributed by atoms with E-state index in [2.05, 4.69) is 5.32 Å². The molecule has 0 aliphatic rings. The highest BCUT2D eigenvalue weighted by molar-refractivity contribution is 7.99. The van der Waals surface area contributed by atoms with Crippen LogP contribution in [0.15, 0.2) is 21.6 Å². The average Bonchev–Trinajstić information content (AvgIpc) is 2.74. The molecule has 5 heteroatoms. The number of rotatable bonds is 7. The Kier molecular flexibility index (Phi) is 5.75. The predicted molar refractivity (Wildman–Crippen MR) is 72.9 cm³/mol. The fourth-order valence-electron chi connectivity index (χ4n) is 1.77. The molecule has 0 fully saturated rings. The highest BCUT2D eigenvalue weighted by atomic mass is 32.2.